The van der Waals surface area contributed by atoms with Crippen molar-refractivity contribution in [2.75, 3.05) is 5.32 Å². The highest BCUT2D eigenvalue weighted by Gasteiger charge is 2.39. The van der Waals surface area contributed by atoms with Crippen LogP contribution in [0.2, 0.25) is 0 Å². The summed E-state index contributed by atoms with van der Waals surface area (Å²) in [4.78, 5) is 34.3. The summed E-state index contributed by atoms with van der Waals surface area (Å²) in [6.45, 7) is 3.67. The lowest BCUT2D eigenvalue weighted by Gasteiger charge is -2.12. The highest BCUT2D eigenvalue weighted by molar-refractivity contribution is 5.97. The summed E-state index contributed by atoms with van der Waals surface area (Å²) in [5, 5.41) is 14.1. The molecule has 2 amide bonds. The summed E-state index contributed by atoms with van der Waals surface area (Å²) >= 11 is 0. The molecule has 6 nitrogen and oxygen atoms in total. The molecule has 6 heteroatoms. The minimum absolute atomic E-state index is 0.0137. The standard InChI is InChI=1S/C16H20N2O4/c1-9-7-13(9)16(22)18-12-5-3-11(4-6-12)15(21)17-10(2)8-14(19)20/h3-6,9-10,13H,7-8H2,1-2H3,(H,17,21)(H,18,22)(H,19,20). The molecule has 1 saturated carbocycles. The molecule has 0 radical (unpaired) electrons. The van der Waals surface area contributed by atoms with Crippen molar-refractivity contribution in [1.82, 2.24) is 5.32 Å². The lowest BCUT2D eigenvalue weighted by atomic mass is 10.1. The number of carboxylic acids is 1. The molecule has 3 atom stereocenters. The van der Waals surface area contributed by atoms with Crippen LogP contribution in [0, 0.1) is 11.8 Å². The SMILES string of the molecule is CC(CC(=O)O)NC(=O)c1ccc(NC(=O)C2CC2C)cc1. The number of hydrogen-bond acceptors (Lipinski definition) is 3. The molecule has 0 saturated heterocycles. The van der Waals surface area contributed by atoms with Crippen molar-refractivity contribution in [3.8, 4) is 0 Å². The summed E-state index contributed by atoms with van der Waals surface area (Å²) in [6, 6.07) is 6.10. The van der Waals surface area contributed by atoms with Gasteiger partial charge in [0.25, 0.3) is 5.91 Å². The summed E-state index contributed by atoms with van der Waals surface area (Å²) in [5.74, 6) is -0.733. The van der Waals surface area contributed by atoms with Crippen molar-refractivity contribution in [3.63, 3.8) is 0 Å². The number of carboxylic acid groups (broad SMARTS) is 1. The number of benzene rings is 1. The fourth-order valence-electron chi connectivity index (χ4n) is 2.25. The number of anilines is 1. The van der Waals surface area contributed by atoms with E-state index in [4.69, 9.17) is 5.11 Å². The molecule has 22 heavy (non-hydrogen) atoms. The van der Waals surface area contributed by atoms with E-state index in [9.17, 15) is 14.4 Å². The Morgan fingerprint density at radius 3 is 2.36 bits per heavy atom. The third kappa shape index (κ3) is 4.31. The number of amides is 2. The van der Waals surface area contributed by atoms with Crippen LogP contribution in [-0.2, 0) is 9.59 Å². The Balaban J connectivity index is 1.89. The Labute approximate surface area is 128 Å². The maximum atomic E-state index is 11.9. The van der Waals surface area contributed by atoms with E-state index >= 15 is 0 Å². The summed E-state index contributed by atoms with van der Waals surface area (Å²) < 4.78 is 0. The zero-order valence-corrected chi connectivity index (χ0v) is 12.6. The second-order valence-corrected chi connectivity index (χ2v) is 5.86. The van der Waals surface area contributed by atoms with E-state index in [-0.39, 0.29) is 24.2 Å². The maximum absolute atomic E-state index is 11.9. The van der Waals surface area contributed by atoms with Gasteiger partial charge in [0.05, 0.1) is 6.42 Å². The third-order valence-electron chi connectivity index (χ3n) is 3.72. The first-order valence-corrected chi connectivity index (χ1v) is 7.30. The molecular weight excluding hydrogens is 284 g/mol. The number of aliphatic carboxylic acids is 1. The van der Waals surface area contributed by atoms with E-state index in [0.29, 0.717) is 17.2 Å². The summed E-state index contributed by atoms with van der Waals surface area (Å²) in [7, 11) is 0. The fraction of sp³-hybridized carbons (Fsp3) is 0.438. The Morgan fingerprint density at radius 1 is 1.27 bits per heavy atom. The van der Waals surface area contributed by atoms with Crippen LogP contribution in [-0.4, -0.2) is 28.9 Å². The molecule has 0 aliphatic heterocycles. The van der Waals surface area contributed by atoms with Crippen LogP contribution in [0.15, 0.2) is 24.3 Å². The van der Waals surface area contributed by atoms with Crippen molar-refractivity contribution in [3.05, 3.63) is 29.8 Å². The van der Waals surface area contributed by atoms with E-state index in [1.807, 2.05) is 6.92 Å². The van der Waals surface area contributed by atoms with Gasteiger partial charge in [0, 0.05) is 23.2 Å². The molecule has 0 spiro atoms. The molecule has 1 aromatic rings. The van der Waals surface area contributed by atoms with Crippen molar-refractivity contribution in [1.29, 1.82) is 0 Å². The van der Waals surface area contributed by atoms with Crippen LogP contribution in [0.4, 0.5) is 5.69 Å². The van der Waals surface area contributed by atoms with Crippen LogP contribution >= 0.6 is 0 Å². The van der Waals surface area contributed by atoms with Crippen molar-refractivity contribution in [2.45, 2.75) is 32.7 Å². The molecular formula is C16H20N2O4. The Morgan fingerprint density at radius 2 is 1.86 bits per heavy atom. The van der Waals surface area contributed by atoms with Gasteiger partial charge < -0.3 is 15.7 Å². The molecule has 1 aromatic carbocycles. The molecule has 1 aliphatic rings. The highest BCUT2D eigenvalue weighted by Crippen LogP contribution is 2.38. The lowest BCUT2D eigenvalue weighted by molar-refractivity contribution is -0.137. The van der Waals surface area contributed by atoms with Crippen LogP contribution in [0.3, 0.4) is 0 Å². The second-order valence-electron chi connectivity index (χ2n) is 5.86. The lowest BCUT2D eigenvalue weighted by Crippen LogP contribution is -2.34. The van der Waals surface area contributed by atoms with Crippen molar-refractivity contribution >= 4 is 23.5 Å². The van der Waals surface area contributed by atoms with Gasteiger partial charge in [0.2, 0.25) is 5.91 Å². The van der Waals surface area contributed by atoms with E-state index in [0.717, 1.165) is 6.42 Å². The van der Waals surface area contributed by atoms with Gasteiger partial charge in [-0.2, -0.15) is 0 Å². The van der Waals surface area contributed by atoms with Gasteiger partial charge in [0.1, 0.15) is 0 Å². The predicted octanol–water partition coefficient (Wildman–Crippen LogP) is 1.87. The molecule has 0 heterocycles. The first-order chi connectivity index (χ1) is 10.4. The summed E-state index contributed by atoms with van der Waals surface area (Å²) in [5.41, 5.74) is 1.08. The molecule has 0 aromatic heterocycles. The zero-order chi connectivity index (χ0) is 16.3. The first kappa shape index (κ1) is 16.0. The molecule has 3 unspecified atom stereocenters. The zero-order valence-electron chi connectivity index (χ0n) is 12.6. The van der Waals surface area contributed by atoms with Crippen LogP contribution in [0.5, 0.6) is 0 Å². The van der Waals surface area contributed by atoms with Gasteiger partial charge in [-0.05, 0) is 43.5 Å². The maximum Gasteiger partial charge on any atom is 0.305 e. The van der Waals surface area contributed by atoms with E-state index in [1.165, 1.54) is 0 Å². The van der Waals surface area contributed by atoms with E-state index in [1.54, 1.807) is 31.2 Å². The number of rotatable bonds is 6. The van der Waals surface area contributed by atoms with Gasteiger partial charge in [0.15, 0.2) is 0 Å². The Kier molecular flexibility index (Phi) is 4.80. The van der Waals surface area contributed by atoms with Gasteiger partial charge in [-0.3, -0.25) is 14.4 Å². The summed E-state index contributed by atoms with van der Waals surface area (Å²) in [6.07, 6.45) is 0.799. The molecule has 2 rings (SSSR count). The monoisotopic (exact) mass is 304 g/mol. The van der Waals surface area contributed by atoms with Gasteiger partial charge in [-0.1, -0.05) is 6.92 Å². The quantitative estimate of drug-likeness (QED) is 0.747. The molecule has 3 N–H and O–H groups in total. The molecule has 118 valence electrons. The Hall–Kier alpha value is -2.37. The fourth-order valence-corrected chi connectivity index (χ4v) is 2.25. The van der Waals surface area contributed by atoms with Crippen molar-refractivity contribution < 1.29 is 19.5 Å². The van der Waals surface area contributed by atoms with Crippen molar-refractivity contribution in [2.24, 2.45) is 11.8 Å². The van der Waals surface area contributed by atoms with Gasteiger partial charge in [-0.25, -0.2) is 0 Å². The minimum atomic E-state index is -0.958. The molecule has 1 aliphatic carbocycles. The van der Waals surface area contributed by atoms with Crippen LogP contribution in [0.1, 0.15) is 37.0 Å². The predicted molar refractivity (Wildman–Crippen MR) is 81.5 cm³/mol. The minimum Gasteiger partial charge on any atom is -0.481 e. The largest absolute Gasteiger partial charge is 0.481 e. The number of carbonyl (C=O) groups excluding carboxylic acids is 2. The highest BCUT2D eigenvalue weighted by atomic mass is 16.4. The first-order valence-electron chi connectivity index (χ1n) is 7.30. The number of nitrogens with one attached hydrogen (secondary N) is 2. The topological polar surface area (TPSA) is 95.5 Å². The van der Waals surface area contributed by atoms with E-state index in [2.05, 4.69) is 10.6 Å². The van der Waals surface area contributed by atoms with Crippen LogP contribution in [0.25, 0.3) is 0 Å². The molecule has 1 fully saturated rings. The second kappa shape index (κ2) is 6.60. The third-order valence-corrected chi connectivity index (χ3v) is 3.72. The van der Waals surface area contributed by atoms with Gasteiger partial charge >= 0.3 is 5.97 Å². The number of hydrogen-bond donors (Lipinski definition) is 3. The van der Waals surface area contributed by atoms with Crippen LogP contribution < -0.4 is 10.6 Å². The van der Waals surface area contributed by atoms with E-state index < -0.39 is 12.0 Å². The normalized spacial score (nSPS) is 20.8. The smallest absolute Gasteiger partial charge is 0.305 e. The number of carbonyl (C=O) groups is 3. The average molecular weight is 304 g/mol. The molecule has 0 bridgehead atoms. The average Bonchev–Trinajstić information content (AvgIpc) is 3.15. The Bertz CT molecular complexity index is 582. The van der Waals surface area contributed by atoms with Gasteiger partial charge in [-0.15, -0.1) is 0 Å².